The van der Waals surface area contributed by atoms with Crippen LogP contribution >= 0.6 is 0 Å². The predicted molar refractivity (Wildman–Crippen MR) is 224 cm³/mol. The molecule has 2 saturated heterocycles. The van der Waals surface area contributed by atoms with Gasteiger partial charge in [-0.3, -0.25) is 9.78 Å². The molecule has 0 saturated carbocycles. The Balaban J connectivity index is 0.000000210. The van der Waals surface area contributed by atoms with E-state index in [9.17, 15) is 41.4 Å². The molecule has 0 spiro atoms. The third kappa shape index (κ3) is 11.0. The number of rotatable bonds is 13. The van der Waals surface area contributed by atoms with Gasteiger partial charge in [0.25, 0.3) is 0 Å². The van der Waals surface area contributed by atoms with Gasteiger partial charge >= 0.3 is 18.4 Å². The Bertz CT molecular complexity index is 2350. The topological polar surface area (TPSA) is 135 Å². The molecule has 332 valence electrons. The fourth-order valence-corrected chi connectivity index (χ4v) is 8.13. The van der Waals surface area contributed by atoms with Crippen molar-refractivity contribution in [3.63, 3.8) is 0 Å². The van der Waals surface area contributed by atoms with Crippen LogP contribution in [0.15, 0.2) is 122 Å². The molecular formula is C48H49F5N4O6. The number of hydrogen-bond donors (Lipinski definition) is 2. The summed E-state index contributed by atoms with van der Waals surface area (Å²) in [7, 11) is 0. The summed E-state index contributed by atoms with van der Waals surface area (Å²) in [5.74, 6) is -1.41. The fourth-order valence-electron chi connectivity index (χ4n) is 8.13. The Kier molecular flexibility index (Phi) is 14.5. The average molecular weight is 873 g/mol. The largest absolute Gasteiger partial charge is 0.438 e. The van der Waals surface area contributed by atoms with E-state index in [1.807, 2.05) is 61.5 Å². The lowest BCUT2D eigenvalue weighted by atomic mass is 9.84. The van der Waals surface area contributed by atoms with Crippen LogP contribution in [0, 0.1) is 11.6 Å². The number of ether oxygens (including phenoxy) is 2. The number of nitrogens with zero attached hydrogens (tertiary/aromatic N) is 3. The van der Waals surface area contributed by atoms with Gasteiger partial charge in [-0.25, -0.2) is 18.4 Å². The molecule has 63 heavy (non-hydrogen) atoms. The van der Waals surface area contributed by atoms with Crippen molar-refractivity contribution in [2.75, 3.05) is 19.7 Å². The lowest BCUT2D eigenvalue weighted by Gasteiger charge is -2.43. The summed E-state index contributed by atoms with van der Waals surface area (Å²) >= 11 is 0. The highest BCUT2D eigenvalue weighted by Crippen LogP contribution is 2.42. The van der Waals surface area contributed by atoms with Crippen LogP contribution in [-0.2, 0) is 31.6 Å². The van der Waals surface area contributed by atoms with E-state index in [1.54, 1.807) is 18.0 Å². The number of hydrogen-bond acceptors (Lipinski definition) is 7. The quantitative estimate of drug-likeness (QED) is 0.112. The van der Waals surface area contributed by atoms with Crippen molar-refractivity contribution < 1.29 is 50.9 Å². The summed E-state index contributed by atoms with van der Waals surface area (Å²) in [4.78, 5) is 44.3. The average Bonchev–Trinajstić information content (AvgIpc) is 3.28. The molecule has 5 aromatic rings. The zero-order valence-electron chi connectivity index (χ0n) is 34.9. The molecule has 3 amide bonds. The molecule has 7 rings (SSSR count). The first-order valence-corrected chi connectivity index (χ1v) is 20.6. The molecule has 15 heteroatoms. The minimum atomic E-state index is -4.50. The van der Waals surface area contributed by atoms with Crippen LogP contribution in [0.25, 0.3) is 11.1 Å². The minimum absolute atomic E-state index is 0.0478. The Morgan fingerprint density at radius 1 is 0.730 bits per heavy atom. The van der Waals surface area contributed by atoms with Crippen LogP contribution in [0.3, 0.4) is 0 Å². The van der Waals surface area contributed by atoms with Crippen LogP contribution in [0.5, 0.6) is 0 Å². The number of halogens is 5. The molecule has 3 heterocycles. The van der Waals surface area contributed by atoms with Gasteiger partial charge in [-0.1, -0.05) is 78.9 Å². The molecule has 4 atom stereocenters. The maximum absolute atomic E-state index is 13.5. The van der Waals surface area contributed by atoms with E-state index in [-0.39, 0.29) is 50.4 Å². The summed E-state index contributed by atoms with van der Waals surface area (Å²) < 4.78 is 77.8. The zero-order valence-corrected chi connectivity index (χ0v) is 34.9. The first-order chi connectivity index (χ1) is 30.0. The second-order valence-corrected chi connectivity index (χ2v) is 15.8. The highest BCUT2D eigenvalue weighted by atomic mass is 19.4. The van der Waals surface area contributed by atoms with E-state index >= 15 is 0 Å². The van der Waals surface area contributed by atoms with Gasteiger partial charge in [0.1, 0.15) is 22.8 Å². The number of primary amides is 1. The number of alkyl halides is 3. The van der Waals surface area contributed by atoms with Gasteiger partial charge < -0.3 is 30.1 Å². The number of aromatic nitrogens is 1. The molecule has 4 unspecified atom stereocenters. The molecule has 0 aliphatic carbocycles. The molecule has 3 N–H and O–H groups in total. The number of nitrogens with two attached hydrogens (primary N) is 1. The highest BCUT2D eigenvalue weighted by molar-refractivity contribution is 5.74. The number of aliphatic hydroxyl groups is 1. The minimum Gasteiger partial charge on any atom is -0.438 e. The van der Waals surface area contributed by atoms with Gasteiger partial charge in [0.2, 0.25) is 5.91 Å². The van der Waals surface area contributed by atoms with Crippen molar-refractivity contribution in [1.29, 1.82) is 0 Å². The molecule has 4 aromatic carbocycles. The van der Waals surface area contributed by atoms with Crippen molar-refractivity contribution in [3.8, 4) is 11.1 Å². The third-order valence-electron chi connectivity index (χ3n) is 11.8. The molecule has 1 aromatic heterocycles. The first kappa shape index (κ1) is 46.2. The van der Waals surface area contributed by atoms with Gasteiger partial charge in [-0.15, -0.1) is 0 Å². The molecule has 0 bridgehead atoms. The van der Waals surface area contributed by atoms with Crippen LogP contribution in [0.4, 0.5) is 31.5 Å². The van der Waals surface area contributed by atoms with Gasteiger partial charge in [0.05, 0.1) is 23.8 Å². The van der Waals surface area contributed by atoms with Crippen molar-refractivity contribution in [1.82, 2.24) is 14.8 Å². The van der Waals surface area contributed by atoms with E-state index < -0.39 is 46.8 Å². The number of cyclic esters (lactones) is 2. The van der Waals surface area contributed by atoms with Crippen LogP contribution in [0.1, 0.15) is 92.3 Å². The zero-order chi connectivity index (χ0) is 45.4. The predicted octanol–water partition coefficient (Wildman–Crippen LogP) is 10.4. The van der Waals surface area contributed by atoms with E-state index in [0.717, 1.165) is 28.8 Å². The standard InChI is InChI=1S/C26H27FN2O3.C22H22F4N2O3/c1-19(20-8-10-21(11-9-20)22-16-24(27)18-28-17-22)29-14-13-26(12-5-15-30,32-25(29)31)23-6-3-2-4-7-23;1-14(15-3-2-4-17(13-15)22(24,25)26)28-12-11-21(31-20(28)30,10-9-19(27)29)16-5-7-18(23)8-6-16/h2-4,6-11,16-19,30H,5,12-15H2,1H3;2-8,13-14H,9-12H2,1H3,(H2,27,29). The first-order valence-electron chi connectivity index (χ1n) is 20.6. The van der Waals surface area contributed by atoms with Crippen molar-refractivity contribution in [3.05, 3.63) is 161 Å². The smallest absolute Gasteiger partial charge is 0.416 e. The van der Waals surface area contributed by atoms with E-state index in [1.165, 1.54) is 53.6 Å². The Hall–Kier alpha value is -6.35. The summed E-state index contributed by atoms with van der Waals surface area (Å²) in [5, 5.41) is 9.36. The summed E-state index contributed by atoms with van der Waals surface area (Å²) in [6.07, 6.45) is -0.650. The Morgan fingerprint density at radius 3 is 1.87 bits per heavy atom. The van der Waals surface area contributed by atoms with Gasteiger partial charge in [0, 0.05) is 57.1 Å². The van der Waals surface area contributed by atoms with Gasteiger partial charge in [0.15, 0.2) is 0 Å². The summed E-state index contributed by atoms with van der Waals surface area (Å²) in [6.45, 7) is 4.37. The Labute approximate surface area is 362 Å². The number of carbonyl (C=O) groups excluding carboxylic acids is 3. The highest BCUT2D eigenvalue weighted by Gasteiger charge is 2.45. The van der Waals surface area contributed by atoms with E-state index in [0.29, 0.717) is 42.5 Å². The molecular weight excluding hydrogens is 824 g/mol. The van der Waals surface area contributed by atoms with Crippen LogP contribution in [-0.4, -0.2) is 57.7 Å². The van der Waals surface area contributed by atoms with Crippen LogP contribution < -0.4 is 5.73 Å². The fraction of sp³-hybridized carbons (Fsp3) is 0.333. The summed E-state index contributed by atoms with van der Waals surface area (Å²) in [6, 6.07) is 28.3. The lowest BCUT2D eigenvalue weighted by Crippen LogP contribution is -2.49. The van der Waals surface area contributed by atoms with Crippen molar-refractivity contribution in [2.24, 2.45) is 5.73 Å². The van der Waals surface area contributed by atoms with Gasteiger partial charge in [-0.2, -0.15) is 13.2 Å². The maximum Gasteiger partial charge on any atom is 0.416 e. The molecule has 2 aliphatic heterocycles. The van der Waals surface area contributed by atoms with Crippen molar-refractivity contribution in [2.45, 2.75) is 81.8 Å². The third-order valence-corrected chi connectivity index (χ3v) is 11.8. The molecule has 2 aliphatic rings. The number of carbonyl (C=O) groups is 3. The lowest BCUT2D eigenvalue weighted by molar-refractivity contribution is -0.137. The van der Waals surface area contributed by atoms with E-state index in [2.05, 4.69) is 4.98 Å². The van der Waals surface area contributed by atoms with Crippen molar-refractivity contribution >= 4 is 18.1 Å². The number of amides is 3. The number of aliphatic hydroxyl groups excluding tert-OH is 1. The SMILES string of the molecule is CC(c1ccc(-c2cncc(F)c2)cc1)N1CCC(CCCO)(c2ccccc2)OC1=O.CC(c1cccc(C(F)(F)F)c1)N1CCC(CCC(N)=O)(c2ccc(F)cc2)OC1=O. The van der Waals surface area contributed by atoms with E-state index in [4.69, 9.17) is 15.2 Å². The monoisotopic (exact) mass is 872 g/mol. The Morgan fingerprint density at radius 2 is 1.32 bits per heavy atom. The second-order valence-electron chi connectivity index (χ2n) is 15.8. The van der Waals surface area contributed by atoms with Gasteiger partial charge in [-0.05, 0) is 84.8 Å². The molecule has 2 fully saturated rings. The normalized spacial score (nSPS) is 19.9. The number of pyridine rings is 1. The summed E-state index contributed by atoms with van der Waals surface area (Å²) in [5.41, 5.74) is 6.91. The second kappa shape index (κ2) is 19.8. The van der Waals surface area contributed by atoms with Crippen LogP contribution in [0.2, 0.25) is 0 Å². The molecule has 0 radical (unpaired) electrons. The maximum atomic E-state index is 13.5. The molecule has 10 nitrogen and oxygen atoms in total. The number of benzene rings is 4.